The fourth-order valence-electron chi connectivity index (χ4n) is 3.30. The van der Waals surface area contributed by atoms with Crippen molar-refractivity contribution in [1.29, 1.82) is 0 Å². The molecular formula is C19H27N5O. The zero-order valence-electron chi connectivity index (χ0n) is 15.2. The fourth-order valence-corrected chi connectivity index (χ4v) is 3.30. The molecule has 1 fully saturated rings. The summed E-state index contributed by atoms with van der Waals surface area (Å²) in [6.45, 7) is 4.10. The van der Waals surface area contributed by atoms with Crippen LogP contribution in [0.2, 0.25) is 0 Å². The molecule has 2 N–H and O–H groups in total. The largest absolute Gasteiger partial charge is 0.368 e. The molecule has 2 aromatic heterocycles. The molecule has 6 heteroatoms. The lowest BCUT2D eigenvalue weighted by Gasteiger charge is -2.19. The molecule has 25 heavy (non-hydrogen) atoms. The van der Waals surface area contributed by atoms with E-state index in [2.05, 4.69) is 34.6 Å². The normalized spacial score (nSPS) is 15.4. The van der Waals surface area contributed by atoms with E-state index in [0.717, 1.165) is 17.3 Å². The van der Waals surface area contributed by atoms with Crippen LogP contribution in [-0.2, 0) is 7.05 Å². The average molecular weight is 341 g/mol. The molecule has 0 radical (unpaired) electrons. The summed E-state index contributed by atoms with van der Waals surface area (Å²) >= 11 is 0. The molecule has 1 amide bonds. The van der Waals surface area contributed by atoms with Crippen molar-refractivity contribution in [2.24, 2.45) is 7.05 Å². The highest BCUT2D eigenvalue weighted by atomic mass is 16.1. The predicted molar refractivity (Wildman–Crippen MR) is 100.0 cm³/mol. The van der Waals surface area contributed by atoms with Crippen LogP contribution in [0.4, 0.5) is 11.6 Å². The Hall–Kier alpha value is -2.37. The van der Waals surface area contributed by atoms with Gasteiger partial charge in [-0.25, -0.2) is 4.98 Å². The van der Waals surface area contributed by atoms with Crippen LogP contribution in [0.25, 0.3) is 0 Å². The molecule has 3 rings (SSSR count). The summed E-state index contributed by atoms with van der Waals surface area (Å²) < 4.78 is 1.75. The van der Waals surface area contributed by atoms with E-state index in [9.17, 15) is 4.79 Å². The molecule has 0 saturated heterocycles. The number of amides is 1. The minimum atomic E-state index is -0.165. The number of nitrogens with one attached hydrogen (secondary N) is 2. The number of carbonyl (C=O) groups excluding carboxylic acids is 1. The monoisotopic (exact) mass is 341 g/mol. The van der Waals surface area contributed by atoms with Crippen molar-refractivity contribution in [3.05, 3.63) is 35.7 Å². The highest BCUT2D eigenvalue weighted by molar-refractivity contribution is 6.03. The van der Waals surface area contributed by atoms with Crippen molar-refractivity contribution in [1.82, 2.24) is 14.8 Å². The Morgan fingerprint density at radius 1 is 1.24 bits per heavy atom. The minimum Gasteiger partial charge on any atom is -0.368 e. The van der Waals surface area contributed by atoms with E-state index in [1.165, 1.54) is 32.1 Å². The lowest BCUT2D eigenvalue weighted by molar-refractivity contribution is 0.102. The first-order valence-corrected chi connectivity index (χ1v) is 9.11. The number of aromatic nitrogens is 3. The highest BCUT2D eigenvalue weighted by Crippen LogP contribution is 2.32. The van der Waals surface area contributed by atoms with Crippen LogP contribution in [-0.4, -0.2) is 26.7 Å². The molecule has 6 nitrogen and oxygen atoms in total. The van der Waals surface area contributed by atoms with Crippen molar-refractivity contribution in [2.75, 3.05) is 10.6 Å². The molecule has 0 unspecified atom stereocenters. The molecule has 0 aromatic carbocycles. The molecule has 0 bridgehead atoms. The molecule has 1 aliphatic carbocycles. The molecular weight excluding hydrogens is 314 g/mol. The molecule has 2 heterocycles. The first kappa shape index (κ1) is 17.5. The van der Waals surface area contributed by atoms with Crippen LogP contribution in [0.15, 0.2) is 24.4 Å². The van der Waals surface area contributed by atoms with Gasteiger partial charge in [0.05, 0.1) is 11.3 Å². The molecule has 0 spiro atoms. The maximum atomic E-state index is 12.5. The van der Waals surface area contributed by atoms with Gasteiger partial charge in [-0.3, -0.25) is 9.48 Å². The number of pyridine rings is 1. The van der Waals surface area contributed by atoms with Crippen molar-refractivity contribution in [3.8, 4) is 0 Å². The van der Waals surface area contributed by atoms with Crippen LogP contribution in [0, 0.1) is 0 Å². The van der Waals surface area contributed by atoms with E-state index < -0.39 is 0 Å². The maximum absolute atomic E-state index is 12.5. The smallest absolute Gasteiger partial charge is 0.258 e. The van der Waals surface area contributed by atoms with Gasteiger partial charge < -0.3 is 10.6 Å². The summed E-state index contributed by atoms with van der Waals surface area (Å²) in [7, 11) is 1.87. The maximum Gasteiger partial charge on any atom is 0.258 e. The molecule has 1 saturated carbocycles. The second kappa shape index (κ2) is 7.68. The van der Waals surface area contributed by atoms with Gasteiger partial charge in [0.1, 0.15) is 11.6 Å². The Balaban J connectivity index is 1.67. The number of rotatable bonds is 5. The van der Waals surface area contributed by atoms with E-state index in [1.807, 2.05) is 19.2 Å². The van der Waals surface area contributed by atoms with E-state index in [1.54, 1.807) is 16.9 Å². The average Bonchev–Trinajstić information content (AvgIpc) is 2.96. The lowest BCUT2D eigenvalue weighted by atomic mass is 9.87. The molecule has 0 atom stereocenters. The van der Waals surface area contributed by atoms with Crippen molar-refractivity contribution in [2.45, 2.75) is 57.9 Å². The predicted octanol–water partition coefficient (Wildman–Crippen LogP) is 3.94. The fraction of sp³-hybridized carbons (Fsp3) is 0.526. The quantitative estimate of drug-likeness (QED) is 0.864. The first-order chi connectivity index (χ1) is 12.0. The van der Waals surface area contributed by atoms with Gasteiger partial charge >= 0.3 is 0 Å². The van der Waals surface area contributed by atoms with E-state index in [0.29, 0.717) is 17.5 Å². The summed E-state index contributed by atoms with van der Waals surface area (Å²) in [6.07, 6.45) is 7.84. The summed E-state index contributed by atoms with van der Waals surface area (Å²) in [6, 6.07) is 5.92. The number of carbonyl (C=O) groups is 1. The summed E-state index contributed by atoms with van der Waals surface area (Å²) in [5.74, 6) is 1.86. The molecule has 1 aliphatic rings. The number of aryl methyl sites for hydroxylation is 1. The summed E-state index contributed by atoms with van der Waals surface area (Å²) in [5.41, 5.74) is 1.63. The minimum absolute atomic E-state index is 0.165. The standard InChI is InChI=1S/C19H27N5O/c1-13(2)21-17-10-9-15(12-20-17)19(25)22-18-11-16(23-24(18)3)14-7-5-4-6-8-14/h9-14H,4-8H2,1-3H3,(H,20,21)(H,22,25). The third kappa shape index (κ3) is 4.38. The SMILES string of the molecule is CC(C)Nc1ccc(C(=O)Nc2cc(C3CCCCC3)nn2C)cn1. The topological polar surface area (TPSA) is 71.8 Å². The van der Waals surface area contributed by atoms with Crippen LogP contribution >= 0.6 is 0 Å². The van der Waals surface area contributed by atoms with Crippen LogP contribution in [0.1, 0.15) is 67.9 Å². The number of nitrogens with zero attached hydrogens (tertiary/aromatic N) is 3. The van der Waals surface area contributed by atoms with Crippen LogP contribution < -0.4 is 10.6 Å². The molecule has 134 valence electrons. The first-order valence-electron chi connectivity index (χ1n) is 9.11. The van der Waals surface area contributed by atoms with E-state index >= 15 is 0 Å². The molecule has 2 aromatic rings. The van der Waals surface area contributed by atoms with Crippen molar-refractivity contribution < 1.29 is 4.79 Å². The zero-order valence-corrected chi connectivity index (χ0v) is 15.2. The number of anilines is 2. The van der Waals surface area contributed by atoms with Gasteiger partial charge in [-0.1, -0.05) is 19.3 Å². The zero-order chi connectivity index (χ0) is 17.8. The van der Waals surface area contributed by atoms with Crippen molar-refractivity contribution >= 4 is 17.5 Å². The lowest BCUT2D eigenvalue weighted by Crippen LogP contribution is -2.15. The van der Waals surface area contributed by atoms with Gasteiger partial charge in [0, 0.05) is 31.3 Å². The number of hydrogen-bond acceptors (Lipinski definition) is 4. The summed E-state index contributed by atoms with van der Waals surface area (Å²) in [4.78, 5) is 16.8. The third-order valence-corrected chi connectivity index (χ3v) is 4.63. The molecule has 0 aliphatic heterocycles. The van der Waals surface area contributed by atoms with Gasteiger partial charge in [-0.15, -0.1) is 0 Å². The Morgan fingerprint density at radius 2 is 2.00 bits per heavy atom. The number of hydrogen-bond donors (Lipinski definition) is 2. The van der Waals surface area contributed by atoms with Gasteiger partial charge in [0.25, 0.3) is 5.91 Å². The highest BCUT2D eigenvalue weighted by Gasteiger charge is 2.20. The second-order valence-corrected chi connectivity index (χ2v) is 7.10. The Morgan fingerprint density at radius 3 is 2.64 bits per heavy atom. The van der Waals surface area contributed by atoms with Crippen molar-refractivity contribution in [3.63, 3.8) is 0 Å². The van der Waals surface area contributed by atoms with Crippen LogP contribution in [0.3, 0.4) is 0 Å². The Labute approximate surface area is 149 Å². The van der Waals surface area contributed by atoms with E-state index in [4.69, 9.17) is 0 Å². The second-order valence-electron chi connectivity index (χ2n) is 7.10. The third-order valence-electron chi connectivity index (χ3n) is 4.63. The van der Waals surface area contributed by atoms with Gasteiger partial charge in [0.2, 0.25) is 0 Å². The Kier molecular flexibility index (Phi) is 5.36. The summed E-state index contributed by atoms with van der Waals surface area (Å²) in [5, 5.41) is 10.8. The van der Waals surface area contributed by atoms with Gasteiger partial charge in [-0.2, -0.15) is 5.10 Å². The van der Waals surface area contributed by atoms with Gasteiger partial charge in [0.15, 0.2) is 0 Å². The van der Waals surface area contributed by atoms with E-state index in [-0.39, 0.29) is 5.91 Å². The van der Waals surface area contributed by atoms with Crippen LogP contribution in [0.5, 0.6) is 0 Å². The van der Waals surface area contributed by atoms with Gasteiger partial charge in [-0.05, 0) is 38.8 Å². The Bertz CT molecular complexity index is 714.